The van der Waals surface area contributed by atoms with Crippen molar-refractivity contribution in [3.8, 4) is 0 Å². The summed E-state index contributed by atoms with van der Waals surface area (Å²) in [6.45, 7) is 5.47. The Balaban J connectivity index is 1.55. The van der Waals surface area contributed by atoms with Crippen LogP contribution in [0.2, 0.25) is 0 Å². The van der Waals surface area contributed by atoms with Crippen LogP contribution in [0.3, 0.4) is 0 Å². The predicted molar refractivity (Wildman–Crippen MR) is 81.0 cm³/mol. The number of aliphatic hydroxyl groups excluding tert-OH is 1. The van der Waals surface area contributed by atoms with Crippen LogP contribution in [-0.4, -0.2) is 43.6 Å². The lowest BCUT2D eigenvalue weighted by Gasteiger charge is -2.29. The summed E-state index contributed by atoms with van der Waals surface area (Å²) in [5.74, 6) is 0.656. The summed E-state index contributed by atoms with van der Waals surface area (Å²) < 4.78 is 10.9. The molecule has 0 spiro atoms. The molecule has 0 bridgehead atoms. The monoisotopic (exact) mass is 299 g/mol. The minimum absolute atomic E-state index is 0.380. The van der Waals surface area contributed by atoms with Gasteiger partial charge in [0.15, 0.2) is 0 Å². The smallest absolute Gasteiger partial charge is 0.0897 e. The average Bonchev–Trinajstić information content (AvgIpc) is 2.99. The quantitative estimate of drug-likeness (QED) is 0.771. The number of hydrogen-bond donors (Lipinski definition) is 2. The molecule has 1 aliphatic rings. The number of ether oxygens (including phenoxy) is 2. The van der Waals surface area contributed by atoms with Crippen LogP contribution < -0.4 is 5.32 Å². The maximum Gasteiger partial charge on any atom is 0.0897 e. The maximum atomic E-state index is 9.92. The Labute approximate surface area is 125 Å². The Morgan fingerprint density at radius 3 is 3.00 bits per heavy atom. The fraction of sp³-hybridized carbons (Fsp3) is 0.733. The van der Waals surface area contributed by atoms with Crippen LogP contribution >= 0.6 is 11.3 Å². The van der Waals surface area contributed by atoms with Gasteiger partial charge in [-0.1, -0.05) is 6.07 Å². The zero-order chi connectivity index (χ0) is 14.2. The molecule has 0 aromatic carbocycles. The van der Waals surface area contributed by atoms with Crippen molar-refractivity contribution in [2.45, 2.75) is 38.5 Å². The predicted octanol–water partition coefficient (Wildman–Crippen LogP) is 2.03. The second-order valence-electron chi connectivity index (χ2n) is 5.40. The highest BCUT2D eigenvalue weighted by Crippen LogP contribution is 2.18. The number of rotatable bonds is 8. The lowest BCUT2D eigenvalue weighted by atomic mass is 9.93. The molecule has 2 rings (SSSR count). The molecular weight excluding hydrogens is 274 g/mol. The van der Waals surface area contributed by atoms with E-state index in [1.54, 1.807) is 11.3 Å². The van der Waals surface area contributed by atoms with Crippen LogP contribution in [0.5, 0.6) is 0 Å². The first-order chi connectivity index (χ1) is 9.75. The summed E-state index contributed by atoms with van der Waals surface area (Å²) in [5.41, 5.74) is 0. The van der Waals surface area contributed by atoms with E-state index in [1.165, 1.54) is 4.88 Å². The maximum absolute atomic E-state index is 9.92. The van der Waals surface area contributed by atoms with E-state index in [1.807, 2.05) is 17.5 Å². The Bertz CT molecular complexity index is 352. The van der Waals surface area contributed by atoms with E-state index in [0.29, 0.717) is 31.7 Å². The van der Waals surface area contributed by atoms with Gasteiger partial charge >= 0.3 is 0 Å². The summed E-state index contributed by atoms with van der Waals surface area (Å²) in [6.07, 6.45) is 1.77. The number of aliphatic hydroxyl groups is 1. The van der Waals surface area contributed by atoms with Crippen molar-refractivity contribution in [1.82, 2.24) is 5.32 Å². The highest BCUT2D eigenvalue weighted by atomic mass is 32.1. The lowest BCUT2D eigenvalue weighted by molar-refractivity contribution is 0.0236. The van der Waals surface area contributed by atoms with E-state index in [4.69, 9.17) is 9.47 Å². The SMILES string of the molecule is CC(NCC(O)COCc1cccs1)C1CCOCC1. The van der Waals surface area contributed by atoms with Crippen LogP contribution in [-0.2, 0) is 16.1 Å². The molecule has 20 heavy (non-hydrogen) atoms. The van der Waals surface area contributed by atoms with Crippen molar-refractivity contribution >= 4 is 11.3 Å². The fourth-order valence-electron chi connectivity index (χ4n) is 2.45. The fourth-order valence-corrected chi connectivity index (χ4v) is 3.09. The zero-order valence-electron chi connectivity index (χ0n) is 12.1. The molecule has 5 heteroatoms. The van der Waals surface area contributed by atoms with Gasteiger partial charge < -0.3 is 19.9 Å². The lowest BCUT2D eigenvalue weighted by Crippen LogP contribution is -2.41. The molecule has 4 nitrogen and oxygen atoms in total. The molecule has 2 unspecified atom stereocenters. The summed E-state index contributed by atoms with van der Waals surface area (Å²) in [7, 11) is 0. The first-order valence-electron chi connectivity index (χ1n) is 7.35. The summed E-state index contributed by atoms with van der Waals surface area (Å²) >= 11 is 1.68. The Morgan fingerprint density at radius 2 is 2.30 bits per heavy atom. The van der Waals surface area contributed by atoms with Gasteiger partial charge in [-0.2, -0.15) is 0 Å². The summed E-state index contributed by atoms with van der Waals surface area (Å²) in [4.78, 5) is 1.20. The molecule has 1 aromatic heterocycles. The number of hydrogen-bond acceptors (Lipinski definition) is 5. The van der Waals surface area contributed by atoms with Gasteiger partial charge in [0.1, 0.15) is 0 Å². The molecule has 2 heterocycles. The van der Waals surface area contributed by atoms with E-state index in [2.05, 4.69) is 12.2 Å². The van der Waals surface area contributed by atoms with Gasteiger partial charge in [-0.3, -0.25) is 0 Å². The normalized spacial score (nSPS) is 19.9. The van der Waals surface area contributed by atoms with Gasteiger partial charge in [0.05, 0.1) is 19.3 Å². The van der Waals surface area contributed by atoms with Gasteiger partial charge in [0.2, 0.25) is 0 Å². The Morgan fingerprint density at radius 1 is 1.50 bits per heavy atom. The molecule has 0 saturated carbocycles. The molecule has 1 aliphatic heterocycles. The second kappa shape index (κ2) is 8.74. The van der Waals surface area contributed by atoms with Gasteiger partial charge in [-0.25, -0.2) is 0 Å². The summed E-state index contributed by atoms with van der Waals surface area (Å²) in [5, 5.41) is 15.4. The van der Waals surface area contributed by atoms with E-state index in [-0.39, 0.29) is 0 Å². The molecule has 1 saturated heterocycles. The third kappa shape index (κ3) is 5.50. The van der Waals surface area contributed by atoms with Crippen LogP contribution in [0.4, 0.5) is 0 Å². The van der Waals surface area contributed by atoms with Crippen LogP contribution in [0.25, 0.3) is 0 Å². The molecular formula is C15H25NO3S. The molecule has 114 valence electrons. The molecule has 0 aliphatic carbocycles. The standard InChI is InChI=1S/C15H25NO3S/c1-12(13-4-6-18-7-5-13)16-9-14(17)10-19-11-15-3-2-8-20-15/h2-3,8,12-14,16-17H,4-7,9-11H2,1H3. The molecule has 1 aromatic rings. The Hall–Kier alpha value is -0.460. The highest BCUT2D eigenvalue weighted by Gasteiger charge is 2.20. The minimum Gasteiger partial charge on any atom is -0.389 e. The molecule has 2 N–H and O–H groups in total. The third-order valence-electron chi connectivity index (χ3n) is 3.78. The van der Waals surface area contributed by atoms with E-state index >= 15 is 0 Å². The molecule has 1 fully saturated rings. The van der Waals surface area contributed by atoms with Crippen molar-refractivity contribution in [2.75, 3.05) is 26.4 Å². The van der Waals surface area contributed by atoms with E-state index in [9.17, 15) is 5.11 Å². The molecule has 0 amide bonds. The van der Waals surface area contributed by atoms with Gasteiger partial charge in [0, 0.05) is 30.7 Å². The summed E-state index contributed by atoms with van der Waals surface area (Å²) in [6, 6.07) is 4.48. The molecule has 0 radical (unpaired) electrons. The van der Waals surface area contributed by atoms with Crippen LogP contribution in [0.1, 0.15) is 24.6 Å². The first kappa shape index (κ1) is 15.9. The number of nitrogens with one attached hydrogen (secondary N) is 1. The van der Waals surface area contributed by atoms with Crippen LogP contribution in [0.15, 0.2) is 17.5 Å². The van der Waals surface area contributed by atoms with Crippen molar-refractivity contribution in [3.63, 3.8) is 0 Å². The van der Waals surface area contributed by atoms with Crippen molar-refractivity contribution in [3.05, 3.63) is 22.4 Å². The van der Waals surface area contributed by atoms with Gasteiger partial charge in [0.25, 0.3) is 0 Å². The Kier molecular flexibility index (Phi) is 6.96. The zero-order valence-corrected chi connectivity index (χ0v) is 12.9. The van der Waals surface area contributed by atoms with E-state index in [0.717, 1.165) is 26.1 Å². The van der Waals surface area contributed by atoms with Crippen molar-refractivity contribution in [1.29, 1.82) is 0 Å². The average molecular weight is 299 g/mol. The van der Waals surface area contributed by atoms with Crippen LogP contribution in [0, 0.1) is 5.92 Å². The van der Waals surface area contributed by atoms with Crippen molar-refractivity contribution in [2.24, 2.45) is 5.92 Å². The highest BCUT2D eigenvalue weighted by molar-refractivity contribution is 7.09. The topological polar surface area (TPSA) is 50.7 Å². The van der Waals surface area contributed by atoms with Crippen molar-refractivity contribution < 1.29 is 14.6 Å². The number of thiophene rings is 1. The first-order valence-corrected chi connectivity index (χ1v) is 8.23. The van der Waals surface area contributed by atoms with Gasteiger partial charge in [-0.15, -0.1) is 11.3 Å². The largest absolute Gasteiger partial charge is 0.389 e. The minimum atomic E-state index is -0.447. The van der Waals surface area contributed by atoms with Gasteiger partial charge in [-0.05, 0) is 37.1 Å². The molecule has 2 atom stereocenters. The second-order valence-corrected chi connectivity index (χ2v) is 6.43. The van der Waals surface area contributed by atoms with E-state index < -0.39 is 6.10 Å². The third-order valence-corrected chi connectivity index (χ3v) is 4.63.